The van der Waals surface area contributed by atoms with E-state index >= 15 is 0 Å². The predicted octanol–water partition coefficient (Wildman–Crippen LogP) is 3.93. The third-order valence-electron chi connectivity index (χ3n) is 3.24. The summed E-state index contributed by atoms with van der Waals surface area (Å²) in [5.41, 5.74) is 2.84. The normalized spacial score (nSPS) is 26.9. The average Bonchev–Trinajstić information content (AvgIpc) is 2.54. The summed E-state index contributed by atoms with van der Waals surface area (Å²) < 4.78 is 0. The molecule has 2 unspecified atom stereocenters. The van der Waals surface area contributed by atoms with Crippen molar-refractivity contribution in [2.45, 2.75) is 12.3 Å². The van der Waals surface area contributed by atoms with Crippen LogP contribution in [0, 0.1) is 5.92 Å². The second-order valence-corrected chi connectivity index (χ2v) is 4.18. The van der Waals surface area contributed by atoms with Crippen LogP contribution in [0.5, 0.6) is 0 Å². The lowest BCUT2D eigenvalue weighted by atomic mass is 9.79. The summed E-state index contributed by atoms with van der Waals surface area (Å²) in [7, 11) is 0. The zero-order valence-corrected chi connectivity index (χ0v) is 8.64. The van der Waals surface area contributed by atoms with E-state index in [1.54, 1.807) is 0 Å². The lowest BCUT2D eigenvalue weighted by Crippen LogP contribution is -2.10. The van der Waals surface area contributed by atoms with Gasteiger partial charge in [0.25, 0.3) is 0 Å². The molecule has 2 atom stereocenters. The van der Waals surface area contributed by atoms with Crippen LogP contribution in [0.4, 0.5) is 0 Å². The van der Waals surface area contributed by atoms with E-state index in [2.05, 4.69) is 60.7 Å². The minimum Gasteiger partial charge on any atom is -0.0841 e. The van der Waals surface area contributed by atoms with Crippen molar-refractivity contribution in [3.8, 4) is 0 Å². The Hall–Kier alpha value is -1.56. The molecule has 0 fully saturated rings. The van der Waals surface area contributed by atoms with Gasteiger partial charge in [0.2, 0.25) is 0 Å². The van der Waals surface area contributed by atoms with Gasteiger partial charge < -0.3 is 0 Å². The van der Waals surface area contributed by atoms with Gasteiger partial charge in [-0.25, -0.2) is 0 Å². The Labute approximate surface area is 90.6 Å². The first-order valence-corrected chi connectivity index (χ1v) is 5.55. The zero-order valence-electron chi connectivity index (χ0n) is 8.64. The van der Waals surface area contributed by atoms with Gasteiger partial charge in [-0.1, -0.05) is 60.7 Å². The fraction of sp³-hybridized carbons (Fsp3) is 0.200. The first kappa shape index (κ1) is 8.72. The van der Waals surface area contributed by atoms with E-state index in [1.807, 2.05) is 0 Å². The van der Waals surface area contributed by atoms with Crippen molar-refractivity contribution < 1.29 is 0 Å². The molecule has 1 aromatic rings. The van der Waals surface area contributed by atoms with Gasteiger partial charge in [0.15, 0.2) is 0 Å². The molecule has 3 rings (SSSR count). The standard InChI is InChI=1S/C15H14/c1-2-6-12-10-11-13-7-4-5-9-15(13)14(12)8-3-1/h2-12,14H,1H2. The quantitative estimate of drug-likeness (QED) is 0.549. The molecule has 0 spiro atoms. The molecule has 0 heteroatoms. The van der Waals surface area contributed by atoms with E-state index in [0.717, 1.165) is 6.42 Å². The monoisotopic (exact) mass is 194 g/mol. The van der Waals surface area contributed by atoms with Crippen molar-refractivity contribution in [1.29, 1.82) is 0 Å². The van der Waals surface area contributed by atoms with Gasteiger partial charge in [0, 0.05) is 11.8 Å². The maximum absolute atomic E-state index is 2.35. The summed E-state index contributed by atoms with van der Waals surface area (Å²) in [4.78, 5) is 0. The smallest absolute Gasteiger partial charge is 0.0122 e. The molecule has 2 aliphatic rings. The fourth-order valence-corrected chi connectivity index (χ4v) is 2.46. The highest BCUT2D eigenvalue weighted by Crippen LogP contribution is 2.36. The van der Waals surface area contributed by atoms with Gasteiger partial charge in [0.05, 0.1) is 0 Å². The summed E-state index contributed by atoms with van der Waals surface area (Å²) in [5.74, 6) is 1.10. The van der Waals surface area contributed by atoms with Gasteiger partial charge in [-0.2, -0.15) is 0 Å². The van der Waals surface area contributed by atoms with Crippen LogP contribution in [0.15, 0.2) is 54.6 Å². The molecule has 2 aliphatic carbocycles. The van der Waals surface area contributed by atoms with Crippen molar-refractivity contribution in [1.82, 2.24) is 0 Å². The maximum Gasteiger partial charge on any atom is 0.0122 e. The van der Waals surface area contributed by atoms with Crippen LogP contribution < -0.4 is 0 Å². The molecule has 0 N–H and O–H groups in total. The molecule has 0 nitrogen and oxygen atoms in total. The van der Waals surface area contributed by atoms with Crippen molar-refractivity contribution >= 4 is 6.08 Å². The largest absolute Gasteiger partial charge is 0.0841 e. The summed E-state index contributed by atoms with van der Waals surface area (Å²) in [6, 6.07) is 8.70. The highest BCUT2D eigenvalue weighted by molar-refractivity contribution is 5.60. The summed E-state index contributed by atoms with van der Waals surface area (Å²) >= 11 is 0. The van der Waals surface area contributed by atoms with Gasteiger partial charge in [0.1, 0.15) is 0 Å². The number of hydrogen-bond acceptors (Lipinski definition) is 0. The van der Waals surface area contributed by atoms with Gasteiger partial charge >= 0.3 is 0 Å². The number of fused-ring (bicyclic) bond motifs is 3. The molecule has 0 aliphatic heterocycles. The van der Waals surface area contributed by atoms with E-state index in [-0.39, 0.29) is 0 Å². The van der Waals surface area contributed by atoms with Crippen molar-refractivity contribution in [3.05, 3.63) is 65.8 Å². The van der Waals surface area contributed by atoms with Gasteiger partial charge in [-0.05, 0) is 17.5 Å². The van der Waals surface area contributed by atoms with Crippen molar-refractivity contribution in [3.63, 3.8) is 0 Å². The molecule has 0 saturated carbocycles. The van der Waals surface area contributed by atoms with Crippen LogP contribution in [-0.2, 0) is 0 Å². The third kappa shape index (κ3) is 1.46. The molecule has 0 heterocycles. The van der Waals surface area contributed by atoms with E-state index < -0.39 is 0 Å². The Bertz CT molecular complexity index is 449. The Morgan fingerprint density at radius 1 is 0.933 bits per heavy atom. The maximum atomic E-state index is 2.35. The van der Waals surface area contributed by atoms with Crippen molar-refractivity contribution in [2.75, 3.05) is 0 Å². The molecule has 0 saturated heterocycles. The lowest BCUT2D eigenvalue weighted by Gasteiger charge is -2.24. The number of allylic oxidation sites excluding steroid dienone is 5. The molecular weight excluding hydrogens is 180 g/mol. The van der Waals surface area contributed by atoms with Crippen LogP contribution in [0.1, 0.15) is 23.5 Å². The molecule has 15 heavy (non-hydrogen) atoms. The van der Waals surface area contributed by atoms with Crippen LogP contribution in [-0.4, -0.2) is 0 Å². The molecule has 74 valence electrons. The Kier molecular flexibility index (Phi) is 2.06. The number of benzene rings is 1. The van der Waals surface area contributed by atoms with Crippen LogP contribution in [0.2, 0.25) is 0 Å². The Morgan fingerprint density at radius 2 is 1.80 bits per heavy atom. The summed E-state index contributed by atoms with van der Waals surface area (Å²) in [6.45, 7) is 0. The lowest BCUT2D eigenvalue weighted by molar-refractivity contribution is 0.702. The average molecular weight is 194 g/mol. The second-order valence-electron chi connectivity index (χ2n) is 4.18. The van der Waals surface area contributed by atoms with E-state index in [0.29, 0.717) is 11.8 Å². The Morgan fingerprint density at radius 3 is 2.80 bits per heavy atom. The Balaban J connectivity index is 2.13. The van der Waals surface area contributed by atoms with E-state index in [1.165, 1.54) is 11.1 Å². The number of rotatable bonds is 0. The van der Waals surface area contributed by atoms with E-state index in [4.69, 9.17) is 0 Å². The van der Waals surface area contributed by atoms with Crippen LogP contribution >= 0.6 is 0 Å². The minimum absolute atomic E-state index is 0.546. The SMILES string of the molecule is C1=CC2C=Cc3ccccc3C2C=CC1. The highest BCUT2D eigenvalue weighted by Gasteiger charge is 2.22. The summed E-state index contributed by atoms with van der Waals surface area (Å²) in [5, 5.41) is 0. The minimum atomic E-state index is 0.546. The fourth-order valence-electron chi connectivity index (χ4n) is 2.46. The molecular formula is C15H14. The predicted molar refractivity (Wildman–Crippen MR) is 64.6 cm³/mol. The molecule has 1 aromatic carbocycles. The summed E-state index contributed by atoms with van der Waals surface area (Å²) in [6.07, 6.45) is 14.9. The highest BCUT2D eigenvalue weighted by atomic mass is 14.3. The van der Waals surface area contributed by atoms with Crippen LogP contribution in [0.25, 0.3) is 6.08 Å². The second kappa shape index (κ2) is 3.54. The zero-order chi connectivity index (χ0) is 10.1. The van der Waals surface area contributed by atoms with E-state index in [9.17, 15) is 0 Å². The molecule has 0 amide bonds. The van der Waals surface area contributed by atoms with Crippen LogP contribution in [0.3, 0.4) is 0 Å². The first-order valence-electron chi connectivity index (χ1n) is 5.55. The molecule has 0 bridgehead atoms. The first-order chi connectivity index (χ1) is 7.45. The molecule has 0 radical (unpaired) electrons. The third-order valence-corrected chi connectivity index (χ3v) is 3.24. The molecule has 0 aromatic heterocycles. The van der Waals surface area contributed by atoms with Gasteiger partial charge in [-0.3, -0.25) is 0 Å². The topological polar surface area (TPSA) is 0 Å². The van der Waals surface area contributed by atoms with Crippen molar-refractivity contribution in [2.24, 2.45) is 5.92 Å². The number of hydrogen-bond donors (Lipinski definition) is 0. The van der Waals surface area contributed by atoms with Gasteiger partial charge in [-0.15, -0.1) is 0 Å².